The van der Waals surface area contributed by atoms with Crippen LogP contribution in [0.2, 0.25) is 5.02 Å². The number of carbonyl (C=O) groups is 1. The maximum Gasteiger partial charge on any atom is 0.355 e. The molecule has 0 atom stereocenters. The first-order valence-electron chi connectivity index (χ1n) is 6.58. The van der Waals surface area contributed by atoms with Crippen molar-refractivity contribution in [2.45, 2.75) is 0 Å². The Hall–Kier alpha value is -2.83. The van der Waals surface area contributed by atoms with E-state index in [1.54, 1.807) is 18.2 Å². The number of nitriles is 1. The van der Waals surface area contributed by atoms with Crippen molar-refractivity contribution in [3.05, 3.63) is 82.1 Å². The van der Waals surface area contributed by atoms with Gasteiger partial charge in [0.25, 0.3) is 0 Å². The van der Waals surface area contributed by atoms with Crippen LogP contribution in [0, 0.1) is 11.3 Å². The number of hydrogen-bond donors (Lipinski definition) is 0. The van der Waals surface area contributed by atoms with Crippen molar-refractivity contribution in [1.82, 2.24) is 0 Å². The quantitative estimate of drug-likeness (QED) is 0.781. The van der Waals surface area contributed by atoms with Gasteiger partial charge in [0.15, 0.2) is 0 Å². The summed E-state index contributed by atoms with van der Waals surface area (Å²) >= 11 is 5.86. The molecule has 0 aromatic heterocycles. The molecule has 3 rings (SSSR count). The van der Waals surface area contributed by atoms with E-state index in [0.717, 1.165) is 11.1 Å². The maximum absolute atomic E-state index is 11.9. The number of halogens is 1. The lowest BCUT2D eigenvalue weighted by atomic mass is 9.99. The number of ether oxygens (including phenoxy) is 1. The van der Waals surface area contributed by atoms with Crippen LogP contribution in [0.3, 0.4) is 0 Å². The Balaban J connectivity index is 2.12. The van der Waals surface area contributed by atoms with E-state index in [2.05, 4.69) is 0 Å². The summed E-state index contributed by atoms with van der Waals surface area (Å²) in [5, 5.41) is 9.86. The Morgan fingerprint density at radius 1 is 1.05 bits per heavy atom. The van der Waals surface area contributed by atoms with Crippen LogP contribution in [0.5, 0.6) is 0 Å². The third-order valence-electron chi connectivity index (χ3n) is 3.25. The molecule has 0 spiro atoms. The highest BCUT2D eigenvalue weighted by molar-refractivity contribution is 6.30. The maximum atomic E-state index is 11.9. The number of cyclic esters (lactones) is 1. The van der Waals surface area contributed by atoms with E-state index in [1.807, 2.05) is 48.5 Å². The van der Waals surface area contributed by atoms with Gasteiger partial charge in [0.2, 0.25) is 0 Å². The van der Waals surface area contributed by atoms with Crippen LogP contribution in [0.15, 0.2) is 65.9 Å². The molecule has 1 aliphatic heterocycles. The fourth-order valence-corrected chi connectivity index (χ4v) is 2.36. The molecule has 0 radical (unpaired) electrons. The molecule has 106 valence electrons. The Morgan fingerprint density at radius 3 is 2.36 bits per heavy atom. The molecular formula is C18H10ClNO2. The van der Waals surface area contributed by atoms with Crippen molar-refractivity contribution in [1.29, 1.82) is 5.26 Å². The third kappa shape index (κ3) is 2.65. The number of allylic oxidation sites excluding steroid dienone is 1. The number of carbonyl (C=O) groups excluding carboxylic acids is 1. The molecular weight excluding hydrogens is 298 g/mol. The lowest BCUT2D eigenvalue weighted by molar-refractivity contribution is -0.132. The van der Waals surface area contributed by atoms with Crippen LogP contribution in [0.4, 0.5) is 0 Å². The van der Waals surface area contributed by atoms with Crippen molar-refractivity contribution in [2.24, 2.45) is 0 Å². The molecule has 0 bridgehead atoms. The van der Waals surface area contributed by atoms with E-state index in [4.69, 9.17) is 16.3 Å². The van der Waals surface area contributed by atoms with Crippen molar-refractivity contribution < 1.29 is 9.53 Å². The monoisotopic (exact) mass is 307 g/mol. The van der Waals surface area contributed by atoms with Gasteiger partial charge in [0.1, 0.15) is 17.4 Å². The molecule has 1 aliphatic rings. The lowest BCUT2D eigenvalue weighted by Crippen LogP contribution is -1.96. The minimum Gasteiger partial charge on any atom is -0.422 e. The first kappa shape index (κ1) is 14.1. The summed E-state index contributed by atoms with van der Waals surface area (Å²) in [5.74, 6) is -0.253. The number of hydrogen-bond acceptors (Lipinski definition) is 3. The van der Waals surface area contributed by atoms with E-state index in [1.165, 1.54) is 0 Å². The lowest BCUT2D eigenvalue weighted by Gasteiger charge is -2.05. The minimum atomic E-state index is -0.624. The second kappa shape index (κ2) is 5.88. The molecule has 0 unspecified atom stereocenters. The third-order valence-corrected chi connectivity index (χ3v) is 3.50. The first-order chi connectivity index (χ1) is 10.7. The predicted molar refractivity (Wildman–Crippen MR) is 84.5 cm³/mol. The second-order valence-corrected chi connectivity index (χ2v) is 5.11. The molecule has 0 amide bonds. The normalized spacial score (nSPS) is 15.8. The summed E-state index contributed by atoms with van der Waals surface area (Å²) in [4.78, 5) is 11.9. The Labute approximate surface area is 132 Å². The molecule has 3 nitrogen and oxygen atoms in total. The number of nitrogens with zero attached hydrogens (tertiary/aromatic N) is 1. The fraction of sp³-hybridized carbons (Fsp3) is 0. The molecule has 0 fully saturated rings. The van der Waals surface area contributed by atoms with Gasteiger partial charge in [-0.2, -0.15) is 5.26 Å². The first-order valence-corrected chi connectivity index (χ1v) is 6.96. The van der Waals surface area contributed by atoms with E-state index in [-0.39, 0.29) is 5.57 Å². The summed E-state index contributed by atoms with van der Waals surface area (Å²) in [5.41, 5.74) is 2.14. The Bertz CT molecular complexity index is 828. The van der Waals surface area contributed by atoms with Gasteiger partial charge in [-0.1, -0.05) is 54.1 Å². The zero-order valence-electron chi connectivity index (χ0n) is 11.4. The number of rotatable bonds is 2. The summed E-state index contributed by atoms with van der Waals surface area (Å²) in [6.45, 7) is 0. The smallest absolute Gasteiger partial charge is 0.355 e. The van der Waals surface area contributed by atoms with Gasteiger partial charge in [-0.15, -0.1) is 0 Å². The van der Waals surface area contributed by atoms with E-state index < -0.39 is 5.97 Å². The standard InChI is InChI=1S/C18H10ClNO2/c19-14-8-6-12(7-9-14)10-16-17(13-4-2-1-3-5-13)15(11-20)18(21)22-16/h1-10H/b16-10-. The highest BCUT2D eigenvalue weighted by Gasteiger charge is 2.30. The van der Waals surface area contributed by atoms with Crippen LogP contribution < -0.4 is 0 Å². The summed E-state index contributed by atoms with van der Waals surface area (Å²) in [6.07, 6.45) is 1.72. The Kier molecular flexibility index (Phi) is 3.78. The van der Waals surface area contributed by atoms with Gasteiger partial charge in [0, 0.05) is 10.6 Å². The van der Waals surface area contributed by atoms with Crippen molar-refractivity contribution in [3.8, 4) is 6.07 Å². The highest BCUT2D eigenvalue weighted by atomic mass is 35.5. The van der Waals surface area contributed by atoms with Crippen LogP contribution >= 0.6 is 11.6 Å². The fourth-order valence-electron chi connectivity index (χ4n) is 2.23. The minimum absolute atomic E-state index is 0.0198. The molecule has 4 heteroatoms. The largest absolute Gasteiger partial charge is 0.422 e. The van der Waals surface area contributed by atoms with Crippen LogP contribution in [-0.2, 0) is 9.53 Å². The van der Waals surface area contributed by atoms with Gasteiger partial charge in [0.05, 0.1) is 0 Å². The molecule has 22 heavy (non-hydrogen) atoms. The molecule has 1 heterocycles. The average molecular weight is 308 g/mol. The topological polar surface area (TPSA) is 50.1 Å². The molecule has 0 N–H and O–H groups in total. The predicted octanol–water partition coefficient (Wildman–Crippen LogP) is 4.22. The van der Waals surface area contributed by atoms with Crippen LogP contribution in [0.1, 0.15) is 11.1 Å². The average Bonchev–Trinajstić information content (AvgIpc) is 2.85. The van der Waals surface area contributed by atoms with Gasteiger partial charge < -0.3 is 4.74 Å². The van der Waals surface area contributed by atoms with Crippen molar-refractivity contribution in [3.63, 3.8) is 0 Å². The van der Waals surface area contributed by atoms with Gasteiger partial charge in [-0.05, 0) is 29.3 Å². The van der Waals surface area contributed by atoms with E-state index in [9.17, 15) is 10.1 Å². The summed E-state index contributed by atoms with van der Waals surface area (Å²) in [6, 6.07) is 18.3. The molecule has 2 aromatic carbocycles. The second-order valence-electron chi connectivity index (χ2n) is 4.68. The van der Waals surface area contributed by atoms with Crippen LogP contribution in [0.25, 0.3) is 11.6 Å². The SMILES string of the molecule is N#CC1=C(c2ccccc2)/C(=C/c2ccc(Cl)cc2)OC1=O. The zero-order chi connectivity index (χ0) is 15.5. The number of esters is 1. The highest BCUT2D eigenvalue weighted by Crippen LogP contribution is 2.35. The number of benzene rings is 2. The molecule has 0 aliphatic carbocycles. The molecule has 2 aromatic rings. The Morgan fingerprint density at radius 2 is 1.73 bits per heavy atom. The van der Waals surface area contributed by atoms with Gasteiger partial charge >= 0.3 is 5.97 Å². The molecule has 0 saturated heterocycles. The summed E-state index contributed by atoms with van der Waals surface area (Å²) < 4.78 is 5.26. The van der Waals surface area contributed by atoms with E-state index in [0.29, 0.717) is 16.4 Å². The van der Waals surface area contributed by atoms with Gasteiger partial charge in [-0.25, -0.2) is 4.79 Å². The van der Waals surface area contributed by atoms with Crippen molar-refractivity contribution >= 4 is 29.2 Å². The van der Waals surface area contributed by atoms with E-state index >= 15 is 0 Å². The zero-order valence-corrected chi connectivity index (χ0v) is 12.2. The van der Waals surface area contributed by atoms with Crippen LogP contribution in [-0.4, -0.2) is 5.97 Å². The van der Waals surface area contributed by atoms with Gasteiger partial charge in [-0.3, -0.25) is 0 Å². The van der Waals surface area contributed by atoms with Crippen molar-refractivity contribution in [2.75, 3.05) is 0 Å². The summed E-state index contributed by atoms with van der Waals surface area (Å²) in [7, 11) is 0. The molecule has 0 saturated carbocycles.